The largest absolute Gasteiger partial charge is 0.275 e. The summed E-state index contributed by atoms with van der Waals surface area (Å²) in [5.74, 6) is 0. The minimum atomic E-state index is -0.594. The standard InChI is InChI=1S/C19H52N8P4/c1-19(30(24(10)11)25(12)13,31(26(14)15)27(16)17)18(28(20(2)3)21(4)5)29(22(6)7)23(8)9/h18H,1-17H3. The van der Waals surface area contributed by atoms with Gasteiger partial charge in [-0.1, -0.05) is 0 Å². The van der Waals surface area contributed by atoms with E-state index < -0.39 is 32.9 Å². The number of hydrogen-bond acceptors (Lipinski definition) is 8. The second-order valence-corrected chi connectivity index (χ2v) is 22.0. The molecule has 0 fully saturated rings. The molecule has 0 heterocycles. The zero-order valence-electron chi connectivity index (χ0n) is 23.4. The molecule has 0 rings (SSSR count). The lowest BCUT2D eigenvalue weighted by Gasteiger charge is -2.60. The van der Waals surface area contributed by atoms with Crippen molar-refractivity contribution in [3.05, 3.63) is 0 Å². The first-order valence-electron chi connectivity index (χ1n) is 10.5. The van der Waals surface area contributed by atoms with E-state index in [1.165, 1.54) is 0 Å². The Labute approximate surface area is 200 Å². The van der Waals surface area contributed by atoms with Crippen LogP contribution in [0.1, 0.15) is 6.92 Å². The molecule has 31 heavy (non-hydrogen) atoms. The summed E-state index contributed by atoms with van der Waals surface area (Å²) in [4.78, 5) is 0.0329. The average Bonchev–Trinajstić information content (AvgIpc) is 2.50. The highest BCUT2D eigenvalue weighted by Crippen LogP contribution is 2.81. The molecule has 0 radical (unpaired) electrons. The molecule has 0 aromatic rings. The van der Waals surface area contributed by atoms with E-state index in [1.54, 1.807) is 0 Å². The normalized spacial score (nSPS) is 14.5. The fourth-order valence-corrected chi connectivity index (χ4v) is 22.4. The van der Waals surface area contributed by atoms with Gasteiger partial charge in [0.1, 0.15) is 0 Å². The predicted octanol–water partition coefficient (Wildman–Crippen LogP) is 3.77. The Morgan fingerprint density at radius 3 is 0.710 bits per heavy atom. The van der Waals surface area contributed by atoms with Crippen molar-refractivity contribution in [1.82, 2.24) is 37.4 Å². The summed E-state index contributed by atoms with van der Waals surface area (Å²) in [6, 6.07) is 0. The second-order valence-electron chi connectivity index (χ2n) is 9.47. The van der Waals surface area contributed by atoms with Crippen molar-refractivity contribution in [2.45, 2.75) is 17.2 Å². The van der Waals surface area contributed by atoms with E-state index in [4.69, 9.17) is 0 Å². The summed E-state index contributed by atoms with van der Waals surface area (Å²) in [5.41, 5.74) is 0. The Kier molecular flexibility index (Phi) is 14.1. The lowest BCUT2D eigenvalue weighted by atomic mass is 10.5. The van der Waals surface area contributed by atoms with Gasteiger partial charge in [-0.05, 0) is 120 Å². The highest BCUT2D eigenvalue weighted by Gasteiger charge is 2.59. The minimum absolute atomic E-state index is 0.0329. The van der Waals surface area contributed by atoms with Crippen molar-refractivity contribution in [3.63, 3.8) is 0 Å². The van der Waals surface area contributed by atoms with Gasteiger partial charge < -0.3 is 0 Å². The highest BCUT2D eigenvalue weighted by molar-refractivity contribution is 7.79. The van der Waals surface area contributed by atoms with Gasteiger partial charge in [-0.2, -0.15) is 0 Å². The molecule has 0 aliphatic heterocycles. The van der Waals surface area contributed by atoms with E-state index in [-0.39, 0.29) is 4.90 Å². The molecule has 0 spiro atoms. The van der Waals surface area contributed by atoms with Gasteiger partial charge in [0.05, 0.1) is 43.2 Å². The Balaban J connectivity index is 7.50. The zero-order valence-corrected chi connectivity index (χ0v) is 27.0. The molecule has 0 saturated heterocycles. The van der Waals surface area contributed by atoms with Crippen LogP contribution in [0.25, 0.3) is 0 Å². The number of rotatable bonds is 13. The van der Waals surface area contributed by atoms with Crippen LogP contribution in [0.3, 0.4) is 0 Å². The van der Waals surface area contributed by atoms with Crippen LogP contribution in [0.5, 0.6) is 0 Å². The van der Waals surface area contributed by atoms with E-state index in [0.717, 1.165) is 0 Å². The van der Waals surface area contributed by atoms with Crippen molar-refractivity contribution < 1.29 is 0 Å². The lowest BCUT2D eigenvalue weighted by molar-refractivity contribution is 0.494. The first kappa shape index (κ1) is 32.4. The molecular formula is C19H52N8P4. The number of hydrogen-bond donors (Lipinski definition) is 0. The molecule has 188 valence electrons. The number of nitrogens with zero attached hydrogens (tertiary/aromatic N) is 8. The fraction of sp³-hybridized carbons (Fsp3) is 1.00. The van der Waals surface area contributed by atoms with Crippen molar-refractivity contribution in [3.8, 4) is 0 Å². The van der Waals surface area contributed by atoms with Crippen LogP contribution in [0.2, 0.25) is 0 Å². The maximum atomic E-state index is 2.58. The van der Waals surface area contributed by atoms with E-state index in [2.05, 4.69) is 157 Å². The van der Waals surface area contributed by atoms with Crippen LogP contribution >= 0.6 is 32.9 Å². The van der Waals surface area contributed by atoms with Gasteiger partial charge in [0.2, 0.25) is 0 Å². The fourth-order valence-electron chi connectivity index (χ4n) is 4.74. The van der Waals surface area contributed by atoms with Crippen molar-refractivity contribution in [1.29, 1.82) is 0 Å². The topological polar surface area (TPSA) is 25.9 Å². The monoisotopic (exact) mass is 516 g/mol. The third kappa shape index (κ3) is 7.69. The average molecular weight is 517 g/mol. The molecule has 12 heteroatoms. The first-order valence-corrected chi connectivity index (χ1v) is 15.6. The van der Waals surface area contributed by atoms with E-state index in [9.17, 15) is 0 Å². The SMILES string of the molecule is CN(C)P(C(P(N(C)C)N(C)C)C(C)(P(N(C)C)N(C)C)P(N(C)C)N(C)C)N(C)C. The Bertz CT molecular complexity index is 445. The molecule has 8 nitrogen and oxygen atoms in total. The summed E-state index contributed by atoms with van der Waals surface area (Å²) in [7, 11) is 33.9. The molecule has 0 aliphatic rings. The summed E-state index contributed by atoms with van der Waals surface area (Å²) >= 11 is 0. The maximum absolute atomic E-state index is 2.58. The van der Waals surface area contributed by atoms with Crippen LogP contribution in [0.15, 0.2) is 0 Å². The molecule has 0 saturated carbocycles. The van der Waals surface area contributed by atoms with Gasteiger partial charge in [0.15, 0.2) is 0 Å². The molecule has 0 aromatic heterocycles. The molecule has 0 aromatic carbocycles. The van der Waals surface area contributed by atoms with Gasteiger partial charge >= 0.3 is 0 Å². The van der Waals surface area contributed by atoms with Gasteiger partial charge in [0.25, 0.3) is 0 Å². The van der Waals surface area contributed by atoms with Crippen molar-refractivity contribution >= 4 is 32.9 Å². The van der Waals surface area contributed by atoms with Gasteiger partial charge in [-0.25, -0.2) is 0 Å². The molecule has 0 N–H and O–H groups in total. The Morgan fingerprint density at radius 1 is 0.387 bits per heavy atom. The predicted molar refractivity (Wildman–Crippen MR) is 149 cm³/mol. The molecule has 0 unspecified atom stereocenters. The summed E-state index contributed by atoms with van der Waals surface area (Å²) in [6.45, 7) is 2.58. The lowest BCUT2D eigenvalue weighted by Crippen LogP contribution is -2.50. The first-order chi connectivity index (χ1) is 13.9. The van der Waals surface area contributed by atoms with Crippen molar-refractivity contribution in [2.24, 2.45) is 0 Å². The smallest absolute Gasteiger partial charge is 0.0771 e. The van der Waals surface area contributed by atoms with Crippen LogP contribution < -0.4 is 0 Å². The van der Waals surface area contributed by atoms with Crippen LogP contribution in [-0.2, 0) is 0 Å². The third-order valence-electron chi connectivity index (χ3n) is 4.89. The molecule has 0 atom stereocenters. The summed E-state index contributed by atoms with van der Waals surface area (Å²) < 4.78 is 19.9. The second kappa shape index (κ2) is 13.5. The van der Waals surface area contributed by atoms with Gasteiger partial charge in [-0.3, -0.25) is 37.4 Å². The molecular weight excluding hydrogens is 464 g/mol. The maximum Gasteiger partial charge on any atom is 0.0771 e. The Morgan fingerprint density at radius 2 is 0.581 bits per heavy atom. The van der Waals surface area contributed by atoms with E-state index in [1.807, 2.05) is 0 Å². The van der Waals surface area contributed by atoms with Gasteiger partial charge in [0, 0.05) is 0 Å². The highest BCUT2D eigenvalue weighted by atomic mass is 31.2. The van der Waals surface area contributed by atoms with Crippen molar-refractivity contribution in [2.75, 3.05) is 113 Å². The van der Waals surface area contributed by atoms with Crippen LogP contribution in [0, 0.1) is 0 Å². The third-order valence-corrected chi connectivity index (χ3v) is 18.4. The molecule has 0 bridgehead atoms. The Hall–Kier alpha value is 1.40. The van der Waals surface area contributed by atoms with Gasteiger partial charge in [-0.15, -0.1) is 0 Å². The minimum Gasteiger partial charge on any atom is -0.275 e. The van der Waals surface area contributed by atoms with Crippen LogP contribution in [0.4, 0.5) is 0 Å². The van der Waals surface area contributed by atoms with E-state index >= 15 is 0 Å². The zero-order chi connectivity index (χ0) is 25.0. The molecule has 0 amide bonds. The quantitative estimate of drug-likeness (QED) is 0.342. The molecule has 0 aliphatic carbocycles. The van der Waals surface area contributed by atoms with E-state index in [0.29, 0.717) is 5.40 Å². The summed E-state index contributed by atoms with van der Waals surface area (Å²) in [5, 5.41) is 0.458. The van der Waals surface area contributed by atoms with Crippen LogP contribution in [-0.4, -0.2) is 160 Å². The summed E-state index contributed by atoms with van der Waals surface area (Å²) in [6.07, 6.45) is 0.